The Balaban J connectivity index is 1.94. The van der Waals surface area contributed by atoms with Crippen molar-refractivity contribution in [3.63, 3.8) is 0 Å². The second-order valence-corrected chi connectivity index (χ2v) is 7.38. The standard InChI is InChI=1S/C18H29N5O4/c1-5-20-16(21-10-13-6-7-14(26-13)15(19)24)23-9-8-12(11-23)22-17(25)27-18(2,3)4/h6-7,12H,5,8-11H2,1-4H3,(H2,19,24)(H,20,21)(H,22,25). The van der Waals surface area contributed by atoms with Crippen molar-refractivity contribution in [2.75, 3.05) is 19.6 Å². The molecule has 1 fully saturated rings. The lowest BCUT2D eigenvalue weighted by molar-refractivity contribution is 0.0507. The van der Waals surface area contributed by atoms with E-state index in [4.69, 9.17) is 14.9 Å². The van der Waals surface area contributed by atoms with Crippen LogP contribution in [0.2, 0.25) is 0 Å². The number of amides is 2. The molecule has 0 radical (unpaired) electrons. The Bertz CT molecular complexity index is 692. The first-order valence-corrected chi connectivity index (χ1v) is 9.09. The minimum Gasteiger partial charge on any atom is -0.454 e. The van der Waals surface area contributed by atoms with E-state index < -0.39 is 17.6 Å². The van der Waals surface area contributed by atoms with E-state index in [-0.39, 0.29) is 18.3 Å². The second kappa shape index (κ2) is 8.79. The first-order valence-electron chi connectivity index (χ1n) is 9.09. The summed E-state index contributed by atoms with van der Waals surface area (Å²) in [6, 6.07) is 3.22. The molecule has 2 rings (SSSR count). The lowest BCUT2D eigenvalue weighted by Gasteiger charge is -2.23. The van der Waals surface area contributed by atoms with Crippen LogP contribution >= 0.6 is 0 Å². The summed E-state index contributed by atoms with van der Waals surface area (Å²) in [5, 5.41) is 6.13. The number of likely N-dealkylation sites (tertiary alicyclic amines) is 1. The highest BCUT2D eigenvalue weighted by atomic mass is 16.6. The van der Waals surface area contributed by atoms with Crippen LogP contribution in [0.1, 0.15) is 50.4 Å². The molecule has 27 heavy (non-hydrogen) atoms. The van der Waals surface area contributed by atoms with Crippen LogP contribution in [0, 0.1) is 0 Å². The topological polar surface area (TPSA) is 122 Å². The fraction of sp³-hybridized carbons (Fsp3) is 0.611. The number of primary amides is 1. The first-order chi connectivity index (χ1) is 12.7. The number of furan rings is 1. The number of carbonyl (C=O) groups is 2. The van der Waals surface area contributed by atoms with Crippen LogP contribution in [0.5, 0.6) is 0 Å². The van der Waals surface area contributed by atoms with Crippen molar-refractivity contribution < 1.29 is 18.7 Å². The molecule has 1 unspecified atom stereocenters. The summed E-state index contributed by atoms with van der Waals surface area (Å²) in [5.74, 6) is 0.797. The van der Waals surface area contributed by atoms with Gasteiger partial charge in [-0.05, 0) is 46.2 Å². The molecule has 2 amide bonds. The van der Waals surface area contributed by atoms with Crippen LogP contribution in [0.3, 0.4) is 0 Å². The van der Waals surface area contributed by atoms with Crippen LogP contribution < -0.4 is 16.4 Å². The minimum absolute atomic E-state index is 0.00576. The number of nitrogens with two attached hydrogens (primary N) is 1. The number of hydrogen-bond donors (Lipinski definition) is 3. The minimum atomic E-state index is -0.604. The normalized spacial score (nSPS) is 17.7. The Morgan fingerprint density at radius 2 is 2.15 bits per heavy atom. The highest BCUT2D eigenvalue weighted by Gasteiger charge is 2.27. The lowest BCUT2D eigenvalue weighted by Crippen LogP contribution is -2.44. The predicted octanol–water partition coefficient (Wildman–Crippen LogP) is 1.44. The molecule has 1 atom stereocenters. The molecule has 0 spiro atoms. The van der Waals surface area contributed by atoms with E-state index in [1.807, 2.05) is 27.7 Å². The molecule has 150 valence electrons. The quantitative estimate of drug-likeness (QED) is 0.526. The van der Waals surface area contributed by atoms with Crippen LogP contribution in [-0.2, 0) is 11.3 Å². The number of carbonyl (C=O) groups excluding carboxylic acids is 2. The molecule has 2 heterocycles. The molecule has 1 saturated heterocycles. The fourth-order valence-corrected chi connectivity index (χ4v) is 2.72. The number of guanidine groups is 1. The first kappa shape index (κ1) is 20.6. The molecular formula is C18H29N5O4. The van der Waals surface area contributed by atoms with Gasteiger partial charge in [0.1, 0.15) is 17.9 Å². The molecule has 0 aliphatic carbocycles. The van der Waals surface area contributed by atoms with Crippen LogP contribution in [0.4, 0.5) is 4.79 Å². The summed E-state index contributed by atoms with van der Waals surface area (Å²) in [5.41, 5.74) is 4.67. The van der Waals surface area contributed by atoms with Gasteiger partial charge in [-0.15, -0.1) is 0 Å². The van der Waals surface area contributed by atoms with Crippen molar-refractivity contribution in [3.05, 3.63) is 23.7 Å². The number of alkyl carbamates (subject to hydrolysis) is 1. The predicted molar refractivity (Wildman–Crippen MR) is 101 cm³/mol. The molecule has 0 aromatic carbocycles. The maximum absolute atomic E-state index is 11.9. The third-order valence-corrected chi connectivity index (χ3v) is 3.83. The number of ether oxygens (including phenoxy) is 1. The summed E-state index contributed by atoms with van der Waals surface area (Å²) < 4.78 is 10.7. The van der Waals surface area contributed by atoms with Gasteiger partial charge in [0.25, 0.3) is 5.91 Å². The van der Waals surface area contributed by atoms with Gasteiger partial charge in [-0.2, -0.15) is 0 Å². The summed E-state index contributed by atoms with van der Waals surface area (Å²) in [7, 11) is 0. The van der Waals surface area contributed by atoms with E-state index in [0.717, 1.165) is 18.9 Å². The van der Waals surface area contributed by atoms with Gasteiger partial charge >= 0.3 is 6.09 Å². The van der Waals surface area contributed by atoms with E-state index >= 15 is 0 Å². The molecule has 9 heteroatoms. The second-order valence-electron chi connectivity index (χ2n) is 7.38. The van der Waals surface area contributed by atoms with Crippen LogP contribution in [0.15, 0.2) is 21.5 Å². The number of aliphatic imine (C=N–C) groups is 1. The number of nitrogens with zero attached hydrogens (tertiary/aromatic N) is 2. The Labute approximate surface area is 159 Å². The van der Waals surface area contributed by atoms with Gasteiger partial charge in [-0.25, -0.2) is 9.79 Å². The van der Waals surface area contributed by atoms with Crippen molar-refractivity contribution in [1.82, 2.24) is 15.5 Å². The van der Waals surface area contributed by atoms with E-state index in [9.17, 15) is 9.59 Å². The Morgan fingerprint density at radius 3 is 2.74 bits per heavy atom. The molecule has 1 aromatic rings. The average Bonchev–Trinajstić information content (AvgIpc) is 3.19. The van der Waals surface area contributed by atoms with E-state index in [0.29, 0.717) is 18.8 Å². The van der Waals surface area contributed by atoms with Gasteiger partial charge in [-0.3, -0.25) is 4.79 Å². The van der Waals surface area contributed by atoms with Crippen molar-refractivity contribution in [2.24, 2.45) is 10.7 Å². The zero-order valence-electron chi connectivity index (χ0n) is 16.4. The molecule has 0 saturated carbocycles. The summed E-state index contributed by atoms with van der Waals surface area (Å²) in [6.07, 6.45) is 0.391. The Kier molecular flexibility index (Phi) is 6.70. The molecular weight excluding hydrogens is 350 g/mol. The van der Waals surface area contributed by atoms with Crippen LogP contribution in [0.25, 0.3) is 0 Å². The smallest absolute Gasteiger partial charge is 0.407 e. The third kappa shape index (κ3) is 6.50. The maximum atomic E-state index is 11.9. The van der Waals surface area contributed by atoms with Gasteiger partial charge < -0.3 is 30.4 Å². The number of nitrogens with one attached hydrogen (secondary N) is 2. The van der Waals surface area contributed by atoms with Crippen molar-refractivity contribution >= 4 is 18.0 Å². The zero-order valence-corrected chi connectivity index (χ0v) is 16.4. The highest BCUT2D eigenvalue weighted by molar-refractivity contribution is 5.89. The third-order valence-electron chi connectivity index (χ3n) is 3.83. The fourth-order valence-electron chi connectivity index (χ4n) is 2.72. The van der Waals surface area contributed by atoms with E-state index in [1.165, 1.54) is 6.07 Å². The van der Waals surface area contributed by atoms with Gasteiger partial charge in [0.2, 0.25) is 0 Å². The molecule has 9 nitrogen and oxygen atoms in total. The maximum Gasteiger partial charge on any atom is 0.407 e. The molecule has 0 bridgehead atoms. The molecule has 4 N–H and O–H groups in total. The number of hydrogen-bond acceptors (Lipinski definition) is 5. The lowest BCUT2D eigenvalue weighted by atomic mass is 10.2. The zero-order chi connectivity index (χ0) is 20.0. The van der Waals surface area contributed by atoms with Gasteiger partial charge in [0.05, 0.1) is 6.04 Å². The largest absolute Gasteiger partial charge is 0.454 e. The highest BCUT2D eigenvalue weighted by Crippen LogP contribution is 2.13. The molecule has 1 aliphatic heterocycles. The van der Waals surface area contributed by atoms with Gasteiger partial charge in [-0.1, -0.05) is 0 Å². The van der Waals surface area contributed by atoms with E-state index in [2.05, 4.69) is 20.5 Å². The van der Waals surface area contributed by atoms with Gasteiger partial charge in [0.15, 0.2) is 11.7 Å². The Hall–Kier alpha value is -2.71. The van der Waals surface area contributed by atoms with Crippen molar-refractivity contribution in [2.45, 2.75) is 52.3 Å². The van der Waals surface area contributed by atoms with Crippen LogP contribution in [-0.4, -0.2) is 54.1 Å². The van der Waals surface area contributed by atoms with Gasteiger partial charge in [0, 0.05) is 19.6 Å². The Morgan fingerprint density at radius 1 is 1.41 bits per heavy atom. The monoisotopic (exact) mass is 379 g/mol. The van der Waals surface area contributed by atoms with E-state index in [1.54, 1.807) is 6.07 Å². The SMILES string of the molecule is CCNC(=NCc1ccc(C(N)=O)o1)N1CCC(NC(=O)OC(C)(C)C)C1. The summed E-state index contributed by atoms with van der Waals surface area (Å²) in [4.78, 5) is 29.7. The molecule has 1 aromatic heterocycles. The van der Waals surface area contributed by atoms with Crippen molar-refractivity contribution in [1.29, 1.82) is 0 Å². The molecule has 1 aliphatic rings. The summed E-state index contributed by atoms with van der Waals surface area (Å²) in [6.45, 7) is 9.89. The van der Waals surface area contributed by atoms with Crippen molar-refractivity contribution in [3.8, 4) is 0 Å². The summed E-state index contributed by atoms with van der Waals surface area (Å²) >= 11 is 0. The average molecular weight is 379 g/mol. The number of rotatable bonds is 5.